The SMILES string of the molecule is [B]c1cnn(C2CC3(C2)CN(C(=O)C=C)C3)c1C. The van der Waals surface area contributed by atoms with E-state index in [0.717, 1.165) is 37.1 Å². The highest BCUT2D eigenvalue weighted by atomic mass is 16.2. The van der Waals surface area contributed by atoms with Crippen LogP contribution in [0.3, 0.4) is 0 Å². The molecule has 92 valence electrons. The molecule has 18 heavy (non-hydrogen) atoms. The van der Waals surface area contributed by atoms with Gasteiger partial charge in [0.1, 0.15) is 7.85 Å². The Hall–Kier alpha value is -1.52. The quantitative estimate of drug-likeness (QED) is 0.553. The minimum Gasteiger partial charge on any atom is -0.338 e. The van der Waals surface area contributed by atoms with Gasteiger partial charge < -0.3 is 4.90 Å². The molecule has 2 radical (unpaired) electrons. The van der Waals surface area contributed by atoms with Gasteiger partial charge in [0.2, 0.25) is 5.91 Å². The predicted molar refractivity (Wildman–Crippen MR) is 69.8 cm³/mol. The molecule has 3 rings (SSSR count). The lowest BCUT2D eigenvalue weighted by Crippen LogP contribution is -2.63. The van der Waals surface area contributed by atoms with Crippen molar-refractivity contribution in [1.29, 1.82) is 0 Å². The third-order valence-electron chi connectivity index (χ3n) is 4.30. The smallest absolute Gasteiger partial charge is 0.245 e. The first-order chi connectivity index (χ1) is 8.54. The van der Waals surface area contributed by atoms with Gasteiger partial charge in [0, 0.05) is 30.4 Å². The number of nitrogens with zero attached hydrogens (tertiary/aromatic N) is 3. The molecule has 1 saturated carbocycles. The van der Waals surface area contributed by atoms with Crippen LogP contribution in [0, 0.1) is 12.3 Å². The summed E-state index contributed by atoms with van der Waals surface area (Å²) in [6, 6.07) is 0.447. The number of carbonyl (C=O) groups excluding carboxylic acids is 1. The fraction of sp³-hybridized carbons (Fsp3) is 0.538. The number of carbonyl (C=O) groups is 1. The van der Waals surface area contributed by atoms with Crippen LogP contribution in [-0.2, 0) is 4.79 Å². The highest BCUT2D eigenvalue weighted by molar-refractivity contribution is 6.32. The lowest BCUT2D eigenvalue weighted by atomic mass is 9.60. The summed E-state index contributed by atoms with van der Waals surface area (Å²) >= 11 is 0. The number of aromatic nitrogens is 2. The molecule has 0 bridgehead atoms. The van der Waals surface area contributed by atoms with E-state index in [1.54, 1.807) is 6.20 Å². The summed E-state index contributed by atoms with van der Waals surface area (Å²) in [5.74, 6) is 0.0450. The summed E-state index contributed by atoms with van der Waals surface area (Å²) < 4.78 is 2.03. The molecular weight excluding hydrogens is 225 g/mol. The van der Waals surface area contributed by atoms with Crippen LogP contribution in [0.15, 0.2) is 18.9 Å². The Morgan fingerprint density at radius 1 is 1.61 bits per heavy atom. The minimum absolute atomic E-state index is 0.0450. The van der Waals surface area contributed by atoms with Gasteiger partial charge in [0.15, 0.2) is 0 Å². The largest absolute Gasteiger partial charge is 0.338 e. The predicted octanol–water partition coefficient (Wildman–Crippen LogP) is 0.335. The van der Waals surface area contributed by atoms with Crippen LogP contribution < -0.4 is 5.46 Å². The Labute approximate surface area is 108 Å². The Bertz CT molecular complexity index is 508. The molecule has 1 aromatic heterocycles. The fourth-order valence-electron chi connectivity index (χ4n) is 3.22. The lowest BCUT2D eigenvalue weighted by Gasteiger charge is -2.58. The molecule has 2 fully saturated rings. The average Bonchev–Trinajstić information content (AvgIpc) is 2.56. The van der Waals surface area contributed by atoms with Crippen LogP contribution in [-0.4, -0.2) is 41.5 Å². The summed E-state index contributed by atoms with van der Waals surface area (Å²) in [5, 5.41) is 4.33. The van der Waals surface area contributed by atoms with Crippen molar-refractivity contribution in [2.75, 3.05) is 13.1 Å². The van der Waals surface area contributed by atoms with Gasteiger partial charge in [-0.1, -0.05) is 12.0 Å². The van der Waals surface area contributed by atoms with E-state index in [-0.39, 0.29) is 5.91 Å². The molecule has 0 aromatic carbocycles. The third-order valence-corrected chi connectivity index (χ3v) is 4.30. The van der Waals surface area contributed by atoms with Crippen molar-refractivity contribution >= 4 is 19.2 Å². The molecule has 1 aliphatic heterocycles. The Morgan fingerprint density at radius 3 is 2.78 bits per heavy atom. The van der Waals surface area contributed by atoms with Crippen LogP contribution in [0.1, 0.15) is 24.6 Å². The first-order valence-electron chi connectivity index (χ1n) is 6.26. The Balaban J connectivity index is 1.60. The molecular formula is C13H16BN3O. The Morgan fingerprint density at radius 2 is 2.28 bits per heavy atom. The number of hydrogen-bond acceptors (Lipinski definition) is 2. The van der Waals surface area contributed by atoms with Crippen molar-refractivity contribution in [3.05, 3.63) is 24.5 Å². The van der Waals surface area contributed by atoms with Crippen molar-refractivity contribution < 1.29 is 4.79 Å². The van der Waals surface area contributed by atoms with E-state index in [1.807, 2.05) is 16.5 Å². The first kappa shape index (κ1) is 11.6. The first-order valence-corrected chi connectivity index (χ1v) is 6.26. The molecule has 0 N–H and O–H groups in total. The highest BCUT2D eigenvalue weighted by Gasteiger charge is 2.54. The van der Waals surface area contributed by atoms with Crippen LogP contribution in [0.2, 0.25) is 0 Å². The number of likely N-dealkylation sites (tertiary alicyclic amines) is 1. The fourth-order valence-corrected chi connectivity index (χ4v) is 3.22. The van der Waals surface area contributed by atoms with Crippen molar-refractivity contribution in [2.24, 2.45) is 5.41 Å². The molecule has 4 nitrogen and oxygen atoms in total. The van der Waals surface area contributed by atoms with E-state index in [4.69, 9.17) is 7.85 Å². The van der Waals surface area contributed by atoms with Gasteiger partial charge in [-0.25, -0.2) is 0 Å². The van der Waals surface area contributed by atoms with Gasteiger partial charge in [-0.05, 0) is 25.8 Å². The van der Waals surface area contributed by atoms with Gasteiger partial charge in [0.25, 0.3) is 0 Å². The van der Waals surface area contributed by atoms with Crippen LogP contribution in [0.4, 0.5) is 0 Å². The maximum absolute atomic E-state index is 11.4. The summed E-state index contributed by atoms with van der Waals surface area (Å²) in [4.78, 5) is 13.3. The summed E-state index contributed by atoms with van der Waals surface area (Å²) in [7, 11) is 5.80. The van der Waals surface area contributed by atoms with E-state index < -0.39 is 0 Å². The molecule has 2 heterocycles. The zero-order valence-corrected chi connectivity index (χ0v) is 10.6. The zero-order chi connectivity index (χ0) is 12.9. The highest BCUT2D eigenvalue weighted by Crippen LogP contribution is 2.54. The molecule has 1 saturated heterocycles. The van der Waals surface area contributed by atoms with Crippen molar-refractivity contribution in [3.63, 3.8) is 0 Å². The zero-order valence-electron chi connectivity index (χ0n) is 10.6. The van der Waals surface area contributed by atoms with E-state index in [0.29, 0.717) is 11.5 Å². The second-order valence-electron chi connectivity index (χ2n) is 5.59. The molecule has 5 heteroatoms. The average molecular weight is 241 g/mol. The summed E-state index contributed by atoms with van der Waals surface area (Å²) in [6.45, 7) is 7.24. The monoisotopic (exact) mass is 241 g/mol. The molecule has 1 aliphatic carbocycles. The number of amides is 1. The topological polar surface area (TPSA) is 38.1 Å². The Kier molecular flexibility index (Phi) is 2.40. The van der Waals surface area contributed by atoms with E-state index in [2.05, 4.69) is 11.7 Å². The second kappa shape index (κ2) is 3.74. The van der Waals surface area contributed by atoms with Gasteiger partial charge in [0.05, 0.1) is 6.04 Å². The summed E-state index contributed by atoms with van der Waals surface area (Å²) in [5.41, 5.74) is 2.14. The third kappa shape index (κ3) is 1.53. The maximum Gasteiger partial charge on any atom is 0.245 e. The number of hydrogen-bond donors (Lipinski definition) is 0. The molecule has 0 atom stereocenters. The van der Waals surface area contributed by atoms with Gasteiger partial charge in [-0.2, -0.15) is 5.10 Å². The normalized spacial score (nSPS) is 21.5. The van der Waals surface area contributed by atoms with Gasteiger partial charge in [-0.15, -0.1) is 0 Å². The molecule has 1 spiro atoms. The molecule has 1 amide bonds. The molecule has 0 unspecified atom stereocenters. The molecule has 2 aliphatic rings. The van der Waals surface area contributed by atoms with Crippen LogP contribution in [0.25, 0.3) is 0 Å². The lowest BCUT2D eigenvalue weighted by molar-refractivity contribution is -0.149. The van der Waals surface area contributed by atoms with Gasteiger partial charge >= 0.3 is 0 Å². The minimum atomic E-state index is 0.0450. The van der Waals surface area contributed by atoms with Crippen LogP contribution >= 0.6 is 0 Å². The molecule has 1 aromatic rings. The van der Waals surface area contributed by atoms with Crippen molar-refractivity contribution in [2.45, 2.75) is 25.8 Å². The second-order valence-corrected chi connectivity index (χ2v) is 5.59. The number of rotatable bonds is 2. The van der Waals surface area contributed by atoms with Crippen molar-refractivity contribution in [3.8, 4) is 0 Å². The van der Waals surface area contributed by atoms with Crippen LogP contribution in [0.5, 0.6) is 0 Å². The van der Waals surface area contributed by atoms with Crippen molar-refractivity contribution in [1.82, 2.24) is 14.7 Å². The van der Waals surface area contributed by atoms with E-state index >= 15 is 0 Å². The van der Waals surface area contributed by atoms with E-state index in [9.17, 15) is 4.79 Å². The van der Waals surface area contributed by atoms with E-state index in [1.165, 1.54) is 6.08 Å². The van der Waals surface area contributed by atoms with Gasteiger partial charge in [-0.3, -0.25) is 9.48 Å². The summed E-state index contributed by atoms with van der Waals surface area (Å²) in [6.07, 6.45) is 5.29. The maximum atomic E-state index is 11.4. The standard InChI is InChI=1S/C13H16BN3O/c1-3-12(18)16-7-13(8-16)4-10(5-13)17-9(2)11(14)6-15-17/h3,6,10H,1,4-5,7-8H2,2H3.